The zero-order valence-corrected chi connectivity index (χ0v) is 22.0. The first-order chi connectivity index (χ1) is 14.2. The van der Waals surface area contributed by atoms with E-state index < -0.39 is 0 Å². The van der Waals surface area contributed by atoms with Crippen LogP contribution < -0.4 is 0 Å². The fourth-order valence-corrected chi connectivity index (χ4v) is 6.87. The van der Waals surface area contributed by atoms with Gasteiger partial charge >= 0.3 is 0 Å². The van der Waals surface area contributed by atoms with Gasteiger partial charge in [-0.25, -0.2) is 0 Å². The largest absolute Gasteiger partial charge is 0.0625 e. The molecule has 0 radical (unpaired) electrons. The SMILES string of the molecule is CC1CCCCC(C2CCCC(C)(C)CCCCCC(C)(C)CCC2)CCC(C)C1. The highest BCUT2D eigenvalue weighted by Crippen LogP contribution is 2.40. The van der Waals surface area contributed by atoms with Crippen LogP contribution in [0.4, 0.5) is 0 Å². The van der Waals surface area contributed by atoms with Gasteiger partial charge in [-0.05, 0) is 73.0 Å². The first-order valence-electron chi connectivity index (χ1n) is 14.2. The fourth-order valence-electron chi connectivity index (χ4n) is 6.87. The van der Waals surface area contributed by atoms with Gasteiger partial charge in [-0.3, -0.25) is 0 Å². The molecule has 0 N–H and O–H groups in total. The minimum Gasteiger partial charge on any atom is -0.0625 e. The summed E-state index contributed by atoms with van der Waals surface area (Å²) >= 11 is 0. The molecule has 0 heterocycles. The van der Waals surface area contributed by atoms with Crippen molar-refractivity contribution in [2.75, 3.05) is 0 Å². The summed E-state index contributed by atoms with van der Waals surface area (Å²) in [6.45, 7) is 15.2. The third-order valence-corrected chi connectivity index (χ3v) is 9.09. The Bertz CT molecular complexity index is 421. The number of hydrogen-bond donors (Lipinski definition) is 0. The highest BCUT2D eigenvalue weighted by Gasteiger charge is 2.26. The van der Waals surface area contributed by atoms with E-state index in [0.29, 0.717) is 10.8 Å². The van der Waals surface area contributed by atoms with Crippen molar-refractivity contribution in [1.29, 1.82) is 0 Å². The molecule has 0 aromatic heterocycles. The Hall–Kier alpha value is 0. The van der Waals surface area contributed by atoms with E-state index >= 15 is 0 Å². The van der Waals surface area contributed by atoms with E-state index in [1.807, 2.05) is 0 Å². The molecule has 0 nitrogen and oxygen atoms in total. The molecule has 178 valence electrons. The van der Waals surface area contributed by atoms with Crippen molar-refractivity contribution in [2.45, 2.75) is 157 Å². The standard InChI is InChI=1S/C30H58/c1-25-14-8-9-15-28(19-18-26(2)24-25)27-16-12-22-29(3,4)20-10-7-11-21-30(5,6)23-13-17-27/h25-28H,7-24H2,1-6H3. The zero-order valence-electron chi connectivity index (χ0n) is 22.0. The second kappa shape index (κ2) is 12.9. The molecule has 0 amide bonds. The maximum atomic E-state index is 2.55. The Morgan fingerprint density at radius 1 is 0.433 bits per heavy atom. The van der Waals surface area contributed by atoms with Gasteiger partial charge in [0.05, 0.1) is 0 Å². The zero-order chi connectivity index (χ0) is 22.0. The molecule has 0 aromatic carbocycles. The van der Waals surface area contributed by atoms with Gasteiger partial charge in [0.1, 0.15) is 0 Å². The van der Waals surface area contributed by atoms with E-state index in [1.54, 1.807) is 0 Å². The van der Waals surface area contributed by atoms with E-state index in [0.717, 1.165) is 23.7 Å². The third kappa shape index (κ3) is 10.5. The lowest BCUT2D eigenvalue weighted by Gasteiger charge is -2.33. The molecule has 3 atom stereocenters. The molecule has 2 aliphatic carbocycles. The Labute approximate surface area is 191 Å². The van der Waals surface area contributed by atoms with Crippen LogP contribution >= 0.6 is 0 Å². The summed E-state index contributed by atoms with van der Waals surface area (Å²) in [7, 11) is 0. The van der Waals surface area contributed by atoms with Crippen LogP contribution in [0.5, 0.6) is 0 Å². The molecule has 30 heavy (non-hydrogen) atoms. The summed E-state index contributed by atoms with van der Waals surface area (Å²) in [5, 5.41) is 0. The summed E-state index contributed by atoms with van der Waals surface area (Å²) in [5.74, 6) is 3.91. The topological polar surface area (TPSA) is 0 Å². The van der Waals surface area contributed by atoms with Crippen LogP contribution in [0.1, 0.15) is 157 Å². The molecule has 0 bridgehead atoms. The lowest BCUT2D eigenvalue weighted by molar-refractivity contribution is 0.187. The predicted molar refractivity (Wildman–Crippen MR) is 136 cm³/mol. The van der Waals surface area contributed by atoms with Gasteiger partial charge in [-0.1, -0.05) is 119 Å². The summed E-state index contributed by atoms with van der Waals surface area (Å²) < 4.78 is 0. The van der Waals surface area contributed by atoms with Gasteiger partial charge in [0.2, 0.25) is 0 Å². The molecule has 0 aliphatic heterocycles. The van der Waals surface area contributed by atoms with Crippen LogP contribution in [-0.4, -0.2) is 0 Å². The van der Waals surface area contributed by atoms with Crippen molar-refractivity contribution < 1.29 is 0 Å². The van der Waals surface area contributed by atoms with Crippen LogP contribution in [-0.2, 0) is 0 Å². The summed E-state index contributed by atoms with van der Waals surface area (Å²) in [6, 6.07) is 0. The quantitative estimate of drug-likeness (QED) is 0.397. The normalized spacial score (nSPS) is 34.0. The molecule has 2 rings (SSSR count). The van der Waals surface area contributed by atoms with E-state index in [9.17, 15) is 0 Å². The predicted octanol–water partition coefficient (Wildman–Crippen LogP) is 10.6. The van der Waals surface area contributed by atoms with Crippen LogP contribution in [0.15, 0.2) is 0 Å². The lowest BCUT2D eigenvalue weighted by atomic mass is 9.73. The molecule has 0 saturated heterocycles. The van der Waals surface area contributed by atoms with E-state index in [-0.39, 0.29) is 0 Å². The Kier molecular flexibility index (Phi) is 11.3. The summed E-state index contributed by atoms with van der Waals surface area (Å²) in [6.07, 6.45) is 26.6. The molecular formula is C30H58. The molecule has 0 aromatic rings. The van der Waals surface area contributed by atoms with Gasteiger partial charge in [0.25, 0.3) is 0 Å². The Balaban J connectivity index is 2.02. The highest BCUT2D eigenvalue weighted by atomic mass is 14.3. The smallest absolute Gasteiger partial charge is 0.0354 e. The summed E-state index contributed by atoms with van der Waals surface area (Å²) in [4.78, 5) is 0. The second-order valence-corrected chi connectivity index (χ2v) is 13.5. The minimum absolute atomic E-state index is 0.561. The van der Waals surface area contributed by atoms with Crippen molar-refractivity contribution in [3.63, 3.8) is 0 Å². The second-order valence-electron chi connectivity index (χ2n) is 13.5. The van der Waals surface area contributed by atoms with Gasteiger partial charge in [0, 0.05) is 0 Å². The molecule has 3 unspecified atom stereocenters. The molecule has 2 fully saturated rings. The van der Waals surface area contributed by atoms with Crippen LogP contribution in [0.2, 0.25) is 0 Å². The average molecular weight is 419 g/mol. The van der Waals surface area contributed by atoms with Gasteiger partial charge in [-0.15, -0.1) is 0 Å². The van der Waals surface area contributed by atoms with Gasteiger partial charge in [-0.2, -0.15) is 0 Å². The molecule has 2 saturated carbocycles. The van der Waals surface area contributed by atoms with Gasteiger partial charge in [0.15, 0.2) is 0 Å². The van der Waals surface area contributed by atoms with Crippen molar-refractivity contribution in [2.24, 2.45) is 34.5 Å². The first-order valence-corrected chi connectivity index (χ1v) is 14.2. The van der Waals surface area contributed by atoms with Crippen LogP contribution in [0, 0.1) is 34.5 Å². The average Bonchev–Trinajstić information content (AvgIpc) is 2.65. The molecular weight excluding hydrogens is 360 g/mol. The van der Waals surface area contributed by atoms with E-state index in [1.165, 1.54) is 116 Å². The monoisotopic (exact) mass is 418 g/mol. The highest BCUT2D eigenvalue weighted by molar-refractivity contribution is 4.78. The van der Waals surface area contributed by atoms with Crippen molar-refractivity contribution >= 4 is 0 Å². The van der Waals surface area contributed by atoms with Crippen molar-refractivity contribution in [3.8, 4) is 0 Å². The Morgan fingerprint density at radius 2 is 0.867 bits per heavy atom. The van der Waals surface area contributed by atoms with Crippen LogP contribution in [0.25, 0.3) is 0 Å². The maximum absolute atomic E-state index is 2.55. The summed E-state index contributed by atoms with van der Waals surface area (Å²) in [5.41, 5.74) is 1.12. The molecule has 0 spiro atoms. The number of rotatable bonds is 1. The Morgan fingerprint density at radius 3 is 1.47 bits per heavy atom. The van der Waals surface area contributed by atoms with Crippen LogP contribution in [0.3, 0.4) is 0 Å². The van der Waals surface area contributed by atoms with Crippen molar-refractivity contribution in [3.05, 3.63) is 0 Å². The molecule has 2 aliphatic rings. The minimum atomic E-state index is 0.561. The van der Waals surface area contributed by atoms with Crippen molar-refractivity contribution in [1.82, 2.24) is 0 Å². The number of hydrogen-bond acceptors (Lipinski definition) is 0. The van der Waals surface area contributed by atoms with Gasteiger partial charge < -0.3 is 0 Å². The third-order valence-electron chi connectivity index (χ3n) is 9.09. The molecule has 0 heteroatoms. The first kappa shape index (κ1) is 26.3. The fraction of sp³-hybridized carbons (Fsp3) is 1.00. The van der Waals surface area contributed by atoms with E-state index in [2.05, 4.69) is 41.5 Å². The maximum Gasteiger partial charge on any atom is -0.0354 e. The lowest BCUT2D eigenvalue weighted by Crippen LogP contribution is -2.21. The van der Waals surface area contributed by atoms with E-state index in [4.69, 9.17) is 0 Å².